The Kier molecular flexibility index (Phi) is 3.39. The number of hydrogen-bond donors (Lipinski definition) is 2. The molecular formula is C13H20N2. The maximum Gasteiger partial charge on any atom is 0.0266 e. The molecule has 1 aromatic rings. The first kappa shape index (κ1) is 10.7. The molecule has 0 spiro atoms. The molecule has 3 N–H and O–H groups in total. The highest BCUT2D eigenvalue weighted by Crippen LogP contribution is 2.25. The predicted molar refractivity (Wildman–Crippen MR) is 63.9 cm³/mol. The smallest absolute Gasteiger partial charge is 0.0266 e. The van der Waals surface area contributed by atoms with Gasteiger partial charge in [-0.05, 0) is 49.9 Å². The molecule has 0 amide bonds. The number of piperidine rings is 1. The lowest BCUT2D eigenvalue weighted by Gasteiger charge is -2.23. The van der Waals surface area contributed by atoms with E-state index in [1.165, 1.54) is 24.0 Å². The molecular weight excluding hydrogens is 184 g/mol. The van der Waals surface area contributed by atoms with Crippen molar-refractivity contribution >= 4 is 0 Å². The molecule has 1 aliphatic heterocycles. The van der Waals surface area contributed by atoms with Crippen LogP contribution in [0.25, 0.3) is 0 Å². The molecule has 0 radical (unpaired) electrons. The molecule has 2 rings (SSSR count). The molecule has 2 nitrogen and oxygen atoms in total. The monoisotopic (exact) mass is 204 g/mol. The van der Waals surface area contributed by atoms with Gasteiger partial charge in [0.2, 0.25) is 0 Å². The Hall–Kier alpha value is -0.860. The molecule has 1 aliphatic rings. The van der Waals surface area contributed by atoms with Crippen molar-refractivity contribution in [2.24, 2.45) is 5.73 Å². The SMILES string of the molecule is CC(N)c1ccc(C2CCNCC2)cc1. The average molecular weight is 204 g/mol. The minimum atomic E-state index is 0.145. The highest BCUT2D eigenvalue weighted by molar-refractivity contribution is 5.27. The van der Waals surface area contributed by atoms with Gasteiger partial charge in [-0.15, -0.1) is 0 Å². The van der Waals surface area contributed by atoms with Crippen LogP contribution >= 0.6 is 0 Å². The molecule has 0 aromatic heterocycles. The summed E-state index contributed by atoms with van der Waals surface area (Å²) in [6, 6.07) is 8.97. The van der Waals surface area contributed by atoms with Gasteiger partial charge in [-0.3, -0.25) is 0 Å². The summed E-state index contributed by atoms with van der Waals surface area (Å²) in [5.74, 6) is 0.744. The van der Waals surface area contributed by atoms with E-state index in [9.17, 15) is 0 Å². The minimum Gasteiger partial charge on any atom is -0.324 e. The average Bonchev–Trinajstić information content (AvgIpc) is 2.30. The fourth-order valence-corrected chi connectivity index (χ4v) is 2.23. The molecule has 82 valence electrons. The largest absolute Gasteiger partial charge is 0.324 e. The van der Waals surface area contributed by atoms with Gasteiger partial charge in [0.15, 0.2) is 0 Å². The Morgan fingerprint density at radius 3 is 2.33 bits per heavy atom. The zero-order valence-electron chi connectivity index (χ0n) is 9.37. The molecule has 0 bridgehead atoms. The molecule has 1 aromatic carbocycles. The summed E-state index contributed by atoms with van der Waals surface area (Å²) in [5.41, 5.74) is 8.53. The van der Waals surface area contributed by atoms with E-state index in [-0.39, 0.29) is 6.04 Å². The van der Waals surface area contributed by atoms with Crippen LogP contribution in [0.5, 0.6) is 0 Å². The third kappa shape index (κ3) is 2.58. The lowest BCUT2D eigenvalue weighted by atomic mass is 9.89. The topological polar surface area (TPSA) is 38.0 Å². The second kappa shape index (κ2) is 4.77. The maximum absolute atomic E-state index is 5.83. The van der Waals surface area contributed by atoms with E-state index in [4.69, 9.17) is 5.73 Å². The van der Waals surface area contributed by atoms with Crippen molar-refractivity contribution in [3.05, 3.63) is 35.4 Å². The van der Waals surface area contributed by atoms with E-state index in [0.29, 0.717) is 0 Å². The van der Waals surface area contributed by atoms with Gasteiger partial charge in [0, 0.05) is 6.04 Å². The zero-order valence-corrected chi connectivity index (χ0v) is 9.37. The summed E-state index contributed by atoms with van der Waals surface area (Å²) in [6.45, 7) is 4.33. The number of nitrogens with one attached hydrogen (secondary N) is 1. The van der Waals surface area contributed by atoms with E-state index < -0.39 is 0 Å². The number of benzene rings is 1. The second-order valence-corrected chi connectivity index (χ2v) is 4.48. The van der Waals surface area contributed by atoms with Gasteiger partial charge in [-0.2, -0.15) is 0 Å². The van der Waals surface area contributed by atoms with Crippen molar-refractivity contribution in [2.45, 2.75) is 31.7 Å². The highest BCUT2D eigenvalue weighted by atomic mass is 14.9. The van der Waals surface area contributed by atoms with Crippen molar-refractivity contribution in [1.82, 2.24) is 5.32 Å². The van der Waals surface area contributed by atoms with Crippen LogP contribution < -0.4 is 11.1 Å². The van der Waals surface area contributed by atoms with Crippen molar-refractivity contribution in [1.29, 1.82) is 0 Å². The Bertz CT molecular complexity index is 297. The third-order valence-electron chi connectivity index (χ3n) is 3.27. The van der Waals surface area contributed by atoms with E-state index in [2.05, 4.69) is 29.6 Å². The van der Waals surface area contributed by atoms with E-state index in [1.807, 2.05) is 6.92 Å². The van der Waals surface area contributed by atoms with Gasteiger partial charge in [-0.1, -0.05) is 24.3 Å². The van der Waals surface area contributed by atoms with Gasteiger partial charge >= 0.3 is 0 Å². The van der Waals surface area contributed by atoms with Crippen LogP contribution in [0.2, 0.25) is 0 Å². The van der Waals surface area contributed by atoms with Crippen LogP contribution in [0.4, 0.5) is 0 Å². The molecule has 2 heteroatoms. The van der Waals surface area contributed by atoms with Crippen molar-refractivity contribution < 1.29 is 0 Å². The Labute approximate surface area is 91.9 Å². The van der Waals surface area contributed by atoms with Crippen LogP contribution in [0.3, 0.4) is 0 Å². The van der Waals surface area contributed by atoms with Crippen molar-refractivity contribution in [3.63, 3.8) is 0 Å². The zero-order chi connectivity index (χ0) is 10.7. The minimum absolute atomic E-state index is 0.145. The van der Waals surface area contributed by atoms with E-state index in [1.54, 1.807) is 0 Å². The first-order valence-electron chi connectivity index (χ1n) is 5.83. The van der Waals surface area contributed by atoms with E-state index in [0.717, 1.165) is 19.0 Å². The van der Waals surface area contributed by atoms with Gasteiger partial charge < -0.3 is 11.1 Å². The molecule has 1 fully saturated rings. The number of nitrogens with two attached hydrogens (primary N) is 1. The lowest BCUT2D eigenvalue weighted by molar-refractivity contribution is 0.460. The van der Waals surface area contributed by atoms with Crippen molar-refractivity contribution in [3.8, 4) is 0 Å². The van der Waals surface area contributed by atoms with Crippen LogP contribution in [0.1, 0.15) is 42.9 Å². The fraction of sp³-hybridized carbons (Fsp3) is 0.538. The number of rotatable bonds is 2. The molecule has 15 heavy (non-hydrogen) atoms. The van der Waals surface area contributed by atoms with Gasteiger partial charge in [-0.25, -0.2) is 0 Å². The summed E-state index contributed by atoms with van der Waals surface area (Å²) in [7, 11) is 0. The van der Waals surface area contributed by atoms with Crippen LogP contribution in [-0.4, -0.2) is 13.1 Å². The normalized spacial score (nSPS) is 20.1. The predicted octanol–water partition coefficient (Wildman–Crippen LogP) is 2.17. The van der Waals surface area contributed by atoms with Crippen LogP contribution in [-0.2, 0) is 0 Å². The van der Waals surface area contributed by atoms with E-state index >= 15 is 0 Å². The Morgan fingerprint density at radius 1 is 1.20 bits per heavy atom. The molecule has 1 saturated heterocycles. The highest BCUT2D eigenvalue weighted by Gasteiger charge is 2.14. The summed E-state index contributed by atoms with van der Waals surface area (Å²) >= 11 is 0. The molecule has 1 unspecified atom stereocenters. The standard InChI is InChI=1S/C13H20N2/c1-10(14)11-2-4-12(5-3-11)13-6-8-15-9-7-13/h2-5,10,13,15H,6-9,14H2,1H3. The molecule has 0 aliphatic carbocycles. The maximum atomic E-state index is 5.83. The molecule has 1 atom stereocenters. The summed E-state index contributed by atoms with van der Waals surface area (Å²) in [5, 5.41) is 3.39. The number of hydrogen-bond acceptors (Lipinski definition) is 2. The second-order valence-electron chi connectivity index (χ2n) is 4.48. The summed E-state index contributed by atoms with van der Waals surface area (Å²) in [6.07, 6.45) is 2.52. The molecule has 0 saturated carbocycles. The van der Waals surface area contributed by atoms with Gasteiger partial charge in [0.05, 0.1) is 0 Å². The third-order valence-corrected chi connectivity index (χ3v) is 3.27. The lowest BCUT2D eigenvalue weighted by Crippen LogP contribution is -2.26. The summed E-state index contributed by atoms with van der Waals surface area (Å²) in [4.78, 5) is 0. The quantitative estimate of drug-likeness (QED) is 0.775. The Morgan fingerprint density at radius 2 is 1.80 bits per heavy atom. The van der Waals surface area contributed by atoms with Gasteiger partial charge in [0.1, 0.15) is 0 Å². The van der Waals surface area contributed by atoms with Crippen molar-refractivity contribution in [2.75, 3.05) is 13.1 Å². The first-order valence-corrected chi connectivity index (χ1v) is 5.83. The summed E-state index contributed by atoms with van der Waals surface area (Å²) < 4.78 is 0. The van der Waals surface area contributed by atoms with Gasteiger partial charge in [0.25, 0.3) is 0 Å². The Balaban J connectivity index is 2.08. The van der Waals surface area contributed by atoms with Crippen LogP contribution in [0.15, 0.2) is 24.3 Å². The van der Waals surface area contributed by atoms with Crippen LogP contribution in [0, 0.1) is 0 Å². The fourth-order valence-electron chi connectivity index (χ4n) is 2.23. The first-order chi connectivity index (χ1) is 7.27. The molecule has 1 heterocycles.